The molecule has 0 amide bonds. The van der Waals surface area contributed by atoms with Crippen molar-refractivity contribution >= 4 is 7.12 Å². The van der Waals surface area contributed by atoms with E-state index in [1.54, 1.807) is 0 Å². The van der Waals surface area contributed by atoms with E-state index in [-0.39, 0.29) is 6.10 Å². The topological polar surface area (TPSA) is 38.7 Å². The van der Waals surface area contributed by atoms with Crippen LogP contribution < -0.4 is 4.74 Å². The van der Waals surface area contributed by atoms with Crippen molar-refractivity contribution < 1.29 is 14.4 Å². The number of rotatable bonds is 3. The van der Waals surface area contributed by atoms with Crippen LogP contribution in [0.15, 0.2) is 24.3 Å². The van der Waals surface area contributed by atoms with Crippen LogP contribution in [-0.4, -0.2) is 18.7 Å². The minimum absolute atomic E-state index is 0.124. The van der Waals surface area contributed by atoms with Gasteiger partial charge in [0, 0.05) is 5.56 Å². The first kappa shape index (κ1) is 9.56. The Morgan fingerprint density at radius 1 is 1.57 bits per heavy atom. The summed E-state index contributed by atoms with van der Waals surface area (Å²) in [6, 6.07) is 7.76. The van der Waals surface area contributed by atoms with Crippen molar-refractivity contribution in [2.24, 2.45) is 0 Å². The summed E-state index contributed by atoms with van der Waals surface area (Å²) < 4.78 is 10.8. The van der Waals surface area contributed by atoms with Crippen molar-refractivity contribution in [3.05, 3.63) is 29.8 Å². The first-order valence-corrected chi connectivity index (χ1v) is 4.86. The second-order valence-corrected chi connectivity index (χ2v) is 3.34. The molecule has 1 atom stereocenters. The molecule has 0 aliphatic carbocycles. The summed E-state index contributed by atoms with van der Waals surface area (Å²) in [5.41, 5.74) is 1.03. The number of para-hydroxylation sites is 1. The van der Waals surface area contributed by atoms with Crippen molar-refractivity contribution in [1.29, 1.82) is 0 Å². The Labute approximate surface area is 83.8 Å². The molecular formula is C10H13BO3. The molecule has 0 radical (unpaired) electrons. The van der Waals surface area contributed by atoms with Crippen LogP contribution in [-0.2, 0) is 4.65 Å². The molecule has 0 saturated heterocycles. The molecule has 1 heterocycles. The third-order valence-corrected chi connectivity index (χ3v) is 2.33. The summed E-state index contributed by atoms with van der Waals surface area (Å²) in [7, 11) is -0.699. The molecule has 4 heteroatoms. The molecule has 1 aliphatic heterocycles. The number of fused-ring (bicyclic) bond motifs is 1. The molecule has 0 spiro atoms. The van der Waals surface area contributed by atoms with Gasteiger partial charge in [0.2, 0.25) is 0 Å². The van der Waals surface area contributed by atoms with E-state index in [1.807, 2.05) is 31.2 Å². The van der Waals surface area contributed by atoms with Gasteiger partial charge in [-0.3, -0.25) is 0 Å². The average Bonchev–Trinajstić information content (AvgIpc) is 2.62. The zero-order valence-corrected chi connectivity index (χ0v) is 8.14. The lowest BCUT2D eigenvalue weighted by molar-refractivity contribution is 0.136. The lowest BCUT2D eigenvalue weighted by atomic mass is 9.86. The monoisotopic (exact) mass is 192 g/mol. The smallest absolute Gasteiger partial charge is 0.454 e. The molecule has 1 aromatic carbocycles. The maximum absolute atomic E-state index is 9.37. The number of hydrogen-bond acceptors (Lipinski definition) is 3. The predicted molar refractivity (Wildman–Crippen MR) is 54.2 cm³/mol. The third kappa shape index (κ3) is 1.76. The Kier molecular flexibility index (Phi) is 2.75. The van der Waals surface area contributed by atoms with Crippen LogP contribution in [0.4, 0.5) is 0 Å². The highest BCUT2D eigenvalue weighted by molar-refractivity contribution is 6.42. The van der Waals surface area contributed by atoms with E-state index < -0.39 is 7.12 Å². The fourth-order valence-electron chi connectivity index (χ4n) is 1.53. The van der Waals surface area contributed by atoms with E-state index in [2.05, 4.69) is 0 Å². The van der Waals surface area contributed by atoms with Gasteiger partial charge in [-0.25, -0.2) is 0 Å². The van der Waals surface area contributed by atoms with Gasteiger partial charge in [0.1, 0.15) is 18.5 Å². The van der Waals surface area contributed by atoms with E-state index in [0.717, 1.165) is 11.3 Å². The van der Waals surface area contributed by atoms with Crippen LogP contribution in [0.1, 0.15) is 18.6 Å². The first-order chi connectivity index (χ1) is 6.81. The largest absolute Gasteiger partial charge is 0.490 e. The van der Waals surface area contributed by atoms with Crippen LogP contribution in [0.5, 0.6) is 5.75 Å². The fraction of sp³-hybridized carbons (Fsp3) is 0.400. The molecule has 1 aliphatic rings. The molecular weight excluding hydrogens is 179 g/mol. The van der Waals surface area contributed by atoms with Crippen LogP contribution in [0.25, 0.3) is 0 Å². The molecule has 0 aromatic heterocycles. The molecule has 1 aromatic rings. The number of hydrogen-bond donors (Lipinski definition) is 1. The number of ether oxygens (including phenoxy) is 1. The summed E-state index contributed by atoms with van der Waals surface area (Å²) in [5.74, 6) is 0.862. The molecule has 0 fully saturated rings. The SMILES string of the molecule is CCB(O)OC1COc2ccccc21. The van der Waals surface area contributed by atoms with Crippen LogP contribution in [0.3, 0.4) is 0 Å². The molecule has 2 rings (SSSR count). The average molecular weight is 192 g/mol. The van der Waals surface area contributed by atoms with E-state index in [1.165, 1.54) is 0 Å². The highest BCUT2D eigenvalue weighted by atomic mass is 16.6. The summed E-state index contributed by atoms with van der Waals surface area (Å²) in [6.45, 7) is 2.38. The molecule has 74 valence electrons. The van der Waals surface area contributed by atoms with Gasteiger partial charge < -0.3 is 14.4 Å². The normalized spacial score (nSPS) is 18.9. The second-order valence-electron chi connectivity index (χ2n) is 3.34. The molecule has 1 N–H and O–H groups in total. The van der Waals surface area contributed by atoms with E-state index in [0.29, 0.717) is 12.9 Å². The van der Waals surface area contributed by atoms with Gasteiger partial charge in [0.15, 0.2) is 0 Å². The van der Waals surface area contributed by atoms with Gasteiger partial charge in [-0.1, -0.05) is 25.1 Å². The highest BCUT2D eigenvalue weighted by Gasteiger charge is 2.27. The summed E-state index contributed by atoms with van der Waals surface area (Å²) >= 11 is 0. The Balaban J connectivity index is 2.10. The third-order valence-electron chi connectivity index (χ3n) is 2.33. The lowest BCUT2D eigenvalue weighted by Gasteiger charge is -2.12. The van der Waals surface area contributed by atoms with E-state index in [4.69, 9.17) is 9.39 Å². The zero-order chi connectivity index (χ0) is 9.97. The Bertz CT molecular complexity index is 316. The van der Waals surface area contributed by atoms with Crippen LogP contribution in [0.2, 0.25) is 6.32 Å². The minimum atomic E-state index is -0.699. The Hall–Kier alpha value is -0.995. The molecule has 3 nitrogen and oxygen atoms in total. The molecule has 14 heavy (non-hydrogen) atoms. The maximum Gasteiger partial charge on any atom is 0.454 e. The first-order valence-electron chi connectivity index (χ1n) is 4.86. The van der Waals surface area contributed by atoms with Crippen molar-refractivity contribution in [2.75, 3.05) is 6.61 Å². The standard InChI is InChI=1S/C10H13BO3/c1-2-11(12)14-10-7-13-9-6-4-3-5-8(9)10/h3-6,10,12H,2,7H2,1H3. The second kappa shape index (κ2) is 4.03. The van der Waals surface area contributed by atoms with Gasteiger partial charge in [0.05, 0.1) is 0 Å². The minimum Gasteiger partial charge on any atom is -0.490 e. The fourth-order valence-corrected chi connectivity index (χ4v) is 1.53. The Morgan fingerprint density at radius 2 is 2.36 bits per heavy atom. The quantitative estimate of drug-likeness (QED) is 0.739. The van der Waals surface area contributed by atoms with Gasteiger partial charge >= 0.3 is 7.12 Å². The van der Waals surface area contributed by atoms with Crippen LogP contribution >= 0.6 is 0 Å². The van der Waals surface area contributed by atoms with Gasteiger partial charge in [0.25, 0.3) is 0 Å². The van der Waals surface area contributed by atoms with E-state index >= 15 is 0 Å². The number of benzene rings is 1. The van der Waals surface area contributed by atoms with Crippen molar-refractivity contribution in [2.45, 2.75) is 19.3 Å². The lowest BCUT2D eigenvalue weighted by Crippen LogP contribution is -2.20. The maximum atomic E-state index is 9.37. The van der Waals surface area contributed by atoms with Gasteiger partial charge in [-0.2, -0.15) is 0 Å². The summed E-state index contributed by atoms with van der Waals surface area (Å²) in [5, 5.41) is 9.37. The van der Waals surface area contributed by atoms with Crippen molar-refractivity contribution in [3.63, 3.8) is 0 Å². The summed E-state index contributed by atoms with van der Waals surface area (Å²) in [6.07, 6.45) is 0.472. The van der Waals surface area contributed by atoms with E-state index in [9.17, 15) is 5.02 Å². The van der Waals surface area contributed by atoms with Gasteiger partial charge in [-0.15, -0.1) is 0 Å². The molecule has 0 saturated carbocycles. The Morgan fingerprint density at radius 3 is 3.14 bits per heavy atom. The zero-order valence-electron chi connectivity index (χ0n) is 8.14. The van der Waals surface area contributed by atoms with Crippen molar-refractivity contribution in [1.82, 2.24) is 0 Å². The van der Waals surface area contributed by atoms with Crippen molar-refractivity contribution in [3.8, 4) is 5.75 Å². The highest BCUT2D eigenvalue weighted by Crippen LogP contribution is 2.34. The molecule has 1 unspecified atom stereocenters. The molecule has 0 bridgehead atoms. The van der Waals surface area contributed by atoms with Crippen LogP contribution in [0, 0.1) is 0 Å². The predicted octanol–water partition coefficient (Wildman–Crippen LogP) is 1.64. The summed E-state index contributed by atoms with van der Waals surface area (Å²) in [4.78, 5) is 0. The van der Waals surface area contributed by atoms with Gasteiger partial charge in [-0.05, 0) is 12.4 Å².